The van der Waals surface area contributed by atoms with E-state index in [0.29, 0.717) is 0 Å². The lowest BCUT2D eigenvalue weighted by molar-refractivity contribution is 0.660. The number of hydrogen-bond donors (Lipinski definition) is 0. The SMILES string of the molecule is CC1(C)c2ccccc2-c2ccc(-c3c4ccc(N5C6=C(C=Cc7ccccc75)CCC=C6)cc4c(-c4ccc5ccccc5c4)c4cc(N5C6=C(C=CCC6)C=Cc6ccccc65)ccc34)cc21. The fourth-order valence-corrected chi connectivity index (χ4v) is 12.3. The molecule has 2 heterocycles. The maximum atomic E-state index is 2.55. The van der Waals surface area contributed by atoms with Crippen molar-refractivity contribution in [1.82, 2.24) is 0 Å². The van der Waals surface area contributed by atoms with Gasteiger partial charge in [-0.2, -0.15) is 0 Å². The van der Waals surface area contributed by atoms with Crippen LogP contribution < -0.4 is 9.80 Å². The number of benzene rings is 9. The molecular weight excluding hydrogens is 833 g/mol. The molecule has 0 atom stereocenters. The van der Waals surface area contributed by atoms with Gasteiger partial charge in [-0.25, -0.2) is 0 Å². The van der Waals surface area contributed by atoms with Crippen molar-refractivity contribution in [2.45, 2.75) is 44.9 Å². The molecule has 0 saturated carbocycles. The average molecular weight is 883 g/mol. The highest BCUT2D eigenvalue weighted by Crippen LogP contribution is 2.53. The molecule has 0 amide bonds. The van der Waals surface area contributed by atoms with Gasteiger partial charge < -0.3 is 9.80 Å². The molecule has 328 valence electrons. The Labute approximate surface area is 404 Å². The maximum absolute atomic E-state index is 2.55. The molecule has 0 spiro atoms. The van der Waals surface area contributed by atoms with Crippen LogP contribution in [0.5, 0.6) is 0 Å². The van der Waals surface area contributed by atoms with Gasteiger partial charge in [-0.1, -0.05) is 178 Å². The summed E-state index contributed by atoms with van der Waals surface area (Å²) in [5, 5.41) is 7.45. The summed E-state index contributed by atoms with van der Waals surface area (Å²) in [6, 6.07) is 64.6. The Morgan fingerprint density at radius 2 is 1.03 bits per heavy atom. The molecule has 5 aliphatic rings. The summed E-state index contributed by atoms with van der Waals surface area (Å²) in [4.78, 5) is 5.07. The number of allylic oxidation sites excluding steroid dienone is 9. The molecule has 0 bridgehead atoms. The minimum Gasteiger partial charge on any atom is -0.313 e. The highest BCUT2D eigenvalue weighted by Gasteiger charge is 2.36. The molecular formula is C67H50N2. The summed E-state index contributed by atoms with van der Waals surface area (Å²) in [7, 11) is 0. The molecule has 0 radical (unpaired) electrons. The van der Waals surface area contributed by atoms with Crippen LogP contribution in [0.15, 0.2) is 229 Å². The van der Waals surface area contributed by atoms with E-state index >= 15 is 0 Å². The summed E-state index contributed by atoms with van der Waals surface area (Å²) in [6.45, 7) is 4.79. The lowest BCUT2D eigenvalue weighted by Crippen LogP contribution is -2.19. The normalized spacial score (nSPS) is 16.3. The van der Waals surface area contributed by atoms with Gasteiger partial charge in [0.05, 0.1) is 11.4 Å². The monoisotopic (exact) mass is 882 g/mol. The Morgan fingerprint density at radius 1 is 0.420 bits per heavy atom. The third-order valence-corrected chi connectivity index (χ3v) is 15.6. The number of fused-ring (bicyclic) bond motifs is 8. The predicted molar refractivity (Wildman–Crippen MR) is 293 cm³/mol. The van der Waals surface area contributed by atoms with Crippen LogP contribution in [-0.4, -0.2) is 0 Å². The van der Waals surface area contributed by atoms with E-state index in [1.54, 1.807) is 0 Å². The fourth-order valence-electron chi connectivity index (χ4n) is 12.3. The van der Waals surface area contributed by atoms with Crippen LogP contribution in [0.4, 0.5) is 22.7 Å². The largest absolute Gasteiger partial charge is 0.313 e. The van der Waals surface area contributed by atoms with E-state index in [1.807, 2.05) is 0 Å². The summed E-state index contributed by atoms with van der Waals surface area (Å²) in [6.07, 6.45) is 22.6. The molecule has 2 heteroatoms. The van der Waals surface area contributed by atoms with Crippen molar-refractivity contribution in [1.29, 1.82) is 0 Å². The number of hydrogen-bond acceptors (Lipinski definition) is 2. The lowest BCUT2D eigenvalue weighted by atomic mass is 9.80. The highest BCUT2D eigenvalue weighted by atomic mass is 15.2. The van der Waals surface area contributed by atoms with Gasteiger partial charge in [0, 0.05) is 28.2 Å². The predicted octanol–water partition coefficient (Wildman–Crippen LogP) is 18.3. The van der Waals surface area contributed by atoms with Crippen LogP contribution >= 0.6 is 0 Å². The zero-order valence-corrected chi connectivity index (χ0v) is 39.0. The van der Waals surface area contributed by atoms with Crippen molar-refractivity contribution < 1.29 is 0 Å². The lowest BCUT2D eigenvalue weighted by Gasteiger charge is -2.32. The number of anilines is 4. The van der Waals surface area contributed by atoms with Crippen LogP contribution in [0.2, 0.25) is 0 Å². The Morgan fingerprint density at radius 3 is 1.84 bits per heavy atom. The number of rotatable bonds is 4. The van der Waals surface area contributed by atoms with E-state index in [-0.39, 0.29) is 5.41 Å². The van der Waals surface area contributed by atoms with Crippen LogP contribution in [-0.2, 0) is 5.41 Å². The van der Waals surface area contributed by atoms with E-state index in [2.05, 4.69) is 242 Å². The Kier molecular flexibility index (Phi) is 8.92. The Hall–Kier alpha value is -8.20. The van der Waals surface area contributed by atoms with Crippen molar-refractivity contribution in [3.63, 3.8) is 0 Å². The summed E-state index contributed by atoms with van der Waals surface area (Å²) in [5.74, 6) is 0. The molecule has 0 saturated heterocycles. The second-order valence-electron chi connectivity index (χ2n) is 19.9. The topological polar surface area (TPSA) is 6.48 Å². The van der Waals surface area contributed by atoms with Crippen LogP contribution in [0.1, 0.15) is 61.8 Å². The van der Waals surface area contributed by atoms with Crippen molar-refractivity contribution >= 4 is 67.2 Å². The molecule has 2 aliphatic heterocycles. The van der Waals surface area contributed by atoms with Gasteiger partial charge in [0.2, 0.25) is 0 Å². The Balaban J connectivity index is 1.11. The van der Waals surface area contributed by atoms with Gasteiger partial charge in [0.1, 0.15) is 0 Å². The van der Waals surface area contributed by atoms with E-state index in [9.17, 15) is 0 Å². The molecule has 9 aromatic rings. The van der Waals surface area contributed by atoms with Gasteiger partial charge in [-0.05, 0) is 179 Å². The first-order chi connectivity index (χ1) is 34.0. The van der Waals surface area contributed by atoms with Crippen molar-refractivity contribution in [3.8, 4) is 33.4 Å². The first-order valence-corrected chi connectivity index (χ1v) is 24.7. The van der Waals surface area contributed by atoms with Crippen LogP contribution in [0.3, 0.4) is 0 Å². The first-order valence-electron chi connectivity index (χ1n) is 24.7. The number of nitrogens with zero attached hydrogens (tertiary/aromatic N) is 2. The van der Waals surface area contributed by atoms with Crippen LogP contribution in [0.25, 0.3) is 77.9 Å². The molecule has 0 unspecified atom stereocenters. The van der Waals surface area contributed by atoms with E-state index in [1.165, 1.54) is 128 Å². The third kappa shape index (κ3) is 6.18. The van der Waals surface area contributed by atoms with E-state index < -0.39 is 0 Å². The molecule has 0 N–H and O–H groups in total. The van der Waals surface area contributed by atoms with Gasteiger partial charge >= 0.3 is 0 Å². The highest BCUT2D eigenvalue weighted by molar-refractivity contribution is 6.23. The summed E-state index contributed by atoms with van der Waals surface area (Å²) >= 11 is 0. The number of para-hydroxylation sites is 2. The van der Waals surface area contributed by atoms with Gasteiger partial charge in [-0.3, -0.25) is 0 Å². The molecule has 69 heavy (non-hydrogen) atoms. The summed E-state index contributed by atoms with van der Waals surface area (Å²) in [5.41, 5.74) is 22.7. The van der Waals surface area contributed by atoms with Crippen molar-refractivity contribution in [2.75, 3.05) is 9.80 Å². The smallest absolute Gasteiger partial charge is 0.0534 e. The fraction of sp³-hybridized carbons (Fsp3) is 0.104. The van der Waals surface area contributed by atoms with E-state index in [0.717, 1.165) is 31.4 Å². The molecule has 14 rings (SSSR count). The van der Waals surface area contributed by atoms with Gasteiger partial charge in [0.25, 0.3) is 0 Å². The maximum Gasteiger partial charge on any atom is 0.0534 e. The summed E-state index contributed by atoms with van der Waals surface area (Å²) < 4.78 is 0. The molecule has 0 aromatic heterocycles. The van der Waals surface area contributed by atoms with Gasteiger partial charge in [0.15, 0.2) is 0 Å². The standard InChI is InChI=1S/C67H50N2/c1-67(2)59-22-10-9-21-53(59)54-36-33-50(40-60(54)67)65-55-37-34-51(68-61-23-11-5-16-44(61)28-29-45-17-6-12-24-62(45)68)41-57(55)66(49-32-27-43-15-3-4-20-48(43)39-49)58-42-52(35-38-56(58)65)69-63-25-13-7-18-46(63)30-31-47-19-8-14-26-64(47)69/h3-7,9-11,13-18,20-23,25-42H,8,12,19,24H2,1-2H3. The first kappa shape index (κ1) is 39.9. The quantitative estimate of drug-likeness (QED) is 0.163. The Bertz CT molecular complexity index is 3880. The third-order valence-electron chi connectivity index (χ3n) is 15.6. The molecule has 0 fully saturated rings. The van der Waals surface area contributed by atoms with Gasteiger partial charge in [-0.15, -0.1) is 0 Å². The minimum atomic E-state index is -0.139. The second-order valence-corrected chi connectivity index (χ2v) is 19.9. The van der Waals surface area contributed by atoms with Crippen molar-refractivity contribution in [3.05, 3.63) is 251 Å². The zero-order valence-electron chi connectivity index (χ0n) is 39.0. The molecule has 9 aromatic carbocycles. The van der Waals surface area contributed by atoms with Crippen molar-refractivity contribution in [2.24, 2.45) is 0 Å². The second kappa shape index (κ2) is 15.4. The van der Waals surface area contributed by atoms with E-state index in [4.69, 9.17) is 0 Å². The van der Waals surface area contributed by atoms with Crippen LogP contribution in [0, 0.1) is 0 Å². The molecule has 2 nitrogen and oxygen atoms in total. The average Bonchev–Trinajstić information content (AvgIpc) is 3.51. The zero-order chi connectivity index (χ0) is 45.8. The molecule has 3 aliphatic carbocycles. The minimum absolute atomic E-state index is 0.139.